The molecule has 0 spiro atoms. The number of rotatable bonds is 6. The molecule has 4 rings (SSSR count). The maximum Gasteiger partial charge on any atom is 0.139 e. The highest BCUT2D eigenvalue weighted by Crippen LogP contribution is 2.34. The molecule has 0 bridgehead atoms. The Kier molecular flexibility index (Phi) is 5.36. The molecule has 0 saturated heterocycles. The number of ether oxygens (including phenoxy) is 1. The molecule has 4 nitrogen and oxygen atoms in total. The summed E-state index contributed by atoms with van der Waals surface area (Å²) in [5.41, 5.74) is 4.50. The quantitative estimate of drug-likeness (QED) is 0.406. The van der Waals surface area contributed by atoms with Crippen molar-refractivity contribution in [3.05, 3.63) is 90.0 Å². The summed E-state index contributed by atoms with van der Waals surface area (Å²) in [4.78, 5) is 0. The van der Waals surface area contributed by atoms with Crippen molar-refractivity contribution < 1.29 is 14.9 Å². The molecule has 3 N–H and O–H groups in total. The van der Waals surface area contributed by atoms with Gasteiger partial charge in [0.15, 0.2) is 0 Å². The lowest BCUT2D eigenvalue weighted by Crippen LogP contribution is -2.13. The van der Waals surface area contributed by atoms with E-state index in [4.69, 9.17) is 4.74 Å². The van der Waals surface area contributed by atoms with Gasteiger partial charge in [0.25, 0.3) is 0 Å². The first-order chi connectivity index (χ1) is 14.1. The van der Waals surface area contributed by atoms with Crippen molar-refractivity contribution in [3.63, 3.8) is 0 Å². The minimum absolute atomic E-state index is 0.248. The lowest BCUT2D eigenvalue weighted by molar-refractivity contribution is 0.296. The normalized spacial score (nSPS) is 10.9. The molecule has 0 unspecified atom stereocenters. The van der Waals surface area contributed by atoms with Gasteiger partial charge in [-0.3, -0.25) is 5.32 Å². The number of hydrogen-bond donors (Lipinski definition) is 3. The summed E-state index contributed by atoms with van der Waals surface area (Å²) in [7, 11) is 1.84. The Hall–Kier alpha value is -3.50. The number of hydrogen-bond acceptors (Lipinski definition) is 4. The summed E-state index contributed by atoms with van der Waals surface area (Å²) in [6.07, 6.45) is 0.741. The van der Waals surface area contributed by atoms with Crippen molar-refractivity contribution in [2.24, 2.45) is 0 Å². The molecule has 0 heterocycles. The Balaban J connectivity index is 1.77. The van der Waals surface area contributed by atoms with Gasteiger partial charge in [0.05, 0.1) is 0 Å². The number of fused-ring (bicyclic) bond motifs is 1. The van der Waals surface area contributed by atoms with E-state index in [-0.39, 0.29) is 11.5 Å². The van der Waals surface area contributed by atoms with Crippen LogP contribution in [0.4, 0.5) is 0 Å². The van der Waals surface area contributed by atoms with Gasteiger partial charge in [-0.05, 0) is 82.9 Å². The monoisotopic (exact) mass is 385 g/mol. The average molecular weight is 385 g/mol. The predicted octanol–water partition coefficient (Wildman–Crippen LogP) is 5.06. The molecule has 0 aromatic heterocycles. The van der Waals surface area contributed by atoms with Gasteiger partial charge in [-0.25, -0.2) is 0 Å². The molecule has 0 radical (unpaired) electrons. The van der Waals surface area contributed by atoms with Crippen LogP contribution in [-0.2, 0) is 6.42 Å². The summed E-state index contributed by atoms with van der Waals surface area (Å²) in [5.74, 6) is 1.33. The summed E-state index contributed by atoms with van der Waals surface area (Å²) >= 11 is 0. The zero-order valence-corrected chi connectivity index (χ0v) is 16.2. The second-order valence-electron chi connectivity index (χ2n) is 7.01. The van der Waals surface area contributed by atoms with Gasteiger partial charge in [-0.1, -0.05) is 42.5 Å². The maximum absolute atomic E-state index is 9.88. The Morgan fingerprint density at radius 2 is 1.52 bits per heavy atom. The van der Waals surface area contributed by atoms with Crippen LogP contribution in [0.3, 0.4) is 0 Å². The Morgan fingerprint density at radius 3 is 2.24 bits per heavy atom. The van der Waals surface area contributed by atoms with E-state index in [0.29, 0.717) is 6.73 Å². The minimum Gasteiger partial charge on any atom is -0.508 e. The third kappa shape index (κ3) is 4.18. The number of phenols is 2. The predicted molar refractivity (Wildman–Crippen MR) is 117 cm³/mol. The summed E-state index contributed by atoms with van der Waals surface area (Å²) < 4.78 is 5.59. The van der Waals surface area contributed by atoms with Gasteiger partial charge < -0.3 is 14.9 Å². The van der Waals surface area contributed by atoms with Crippen LogP contribution in [0.5, 0.6) is 17.2 Å². The Labute approximate surface area is 170 Å². The van der Waals surface area contributed by atoms with E-state index in [1.165, 1.54) is 11.1 Å². The Bertz CT molecular complexity index is 1120. The second-order valence-corrected chi connectivity index (χ2v) is 7.01. The fourth-order valence-corrected chi connectivity index (χ4v) is 3.55. The topological polar surface area (TPSA) is 61.7 Å². The van der Waals surface area contributed by atoms with Crippen LogP contribution in [-0.4, -0.2) is 24.0 Å². The van der Waals surface area contributed by atoms with Gasteiger partial charge in [0, 0.05) is 0 Å². The SMILES string of the molecule is CNCOc1ccc(Cc2c(-c3ccc(O)cc3)ccc3cc(O)ccc23)cc1. The second kappa shape index (κ2) is 8.25. The smallest absolute Gasteiger partial charge is 0.139 e. The molecule has 0 aliphatic carbocycles. The van der Waals surface area contributed by atoms with Crippen LogP contribution in [0, 0.1) is 0 Å². The van der Waals surface area contributed by atoms with Crippen LogP contribution in [0.25, 0.3) is 21.9 Å². The lowest BCUT2D eigenvalue weighted by Gasteiger charge is -2.15. The summed E-state index contributed by atoms with van der Waals surface area (Å²) in [6.45, 7) is 0.469. The number of benzene rings is 4. The van der Waals surface area contributed by atoms with E-state index >= 15 is 0 Å². The number of aromatic hydroxyl groups is 2. The van der Waals surface area contributed by atoms with Crippen molar-refractivity contribution in [3.8, 4) is 28.4 Å². The van der Waals surface area contributed by atoms with Crippen molar-refractivity contribution in [2.75, 3.05) is 13.8 Å². The standard InChI is InChI=1S/C25H23NO3/c1-26-16-29-22-10-2-17(3-11-22)14-25-23(18-4-7-20(27)8-5-18)12-6-19-15-21(28)9-13-24(19)25/h2-13,15,26-28H,14,16H2,1H3. The van der Waals surface area contributed by atoms with Crippen LogP contribution in [0.2, 0.25) is 0 Å². The largest absolute Gasteiger partial charge is 0.508 e. The molecule has 0 fully saturated rings. The fourth-order valence-electron chi connectivity index (χ4n) is 3.55. The first kappa shape index (κ1) is 18.8. The van der Waals surface area contributed by atoms with Gasteiger partial charge in [-0.15, -0.1) is 0 Å². The first-order valence-electron chi connectivity index (χ1n) is 9.54. The molecule has 0 saturated carbocycles. The molecule has 0 amide bonds. The van der Waals surface area contributed by atoms with Crippen molar-refractivity contribution in [1.82, 2.24) is 5.32 Å². The summed E-state index contributed by atoms with van der Waals surface area (Å²) in [6, 6.07) is 24.9. The van der Waals surface area contributed by atoms with Crippen molar-refractivity contribution in [1.29, 1.82) is 0 Å². The van der Waals surface area contributed by atoms with Gasteiger partial charge >= 0.3 is 0 Å². The lowest BCUT2D eigenvalue weighted by atomic mass is 9.90. The minimum atomic E-state index is 0.248. The zero-order chi connectivity index (χ0) is 20.2. The van der Waals surface area contributed by atoms with Crippen LogP contribution >= 0.6 is 0 Å². The van der Waals surface area contributed by atoms with E-state index in [2.05, 4.69) is 23.5 Å². The van der Waals surface area contributed by atoms with E-state index in [1.54, 1.807) is 24.3 Å². The van der Waals surface area contributed by atoms with Crippen LogP contribution in [0.15, 0.2) is 78.9 Å². The Morgan fingerprint density at radius 1 is 0.793 bits per heavy atom. The molecule has 0 aliphatic heterocycles. The maximum atomic E-state index is 9.88. The molecule has 146 valence electrons. The highest BCUT2D eigenvalue weighted by atomic mass is 16.5. The highest BCUT2D eigenvalue weighted by molar-refractivity contribution is 5.93. The van der Waals surface area contributed by atoms with Gasteiger partial charge in [-0.2, -0.15) is 0 Å². The van der Waals surface area contributed by atoms with Crippen LogP contribution in [0.1, 0.15) is 11.1 Å². The third-order valence-electron chi connectivity index (χ3n) is 4.98. The van der Waals surface area contributed by atoms with E-state index in [0.717, 1.165) is 34.1 Å². The molecular formula is C25H23NO3. The number of phenolic OH excluding ortho intramolecular Hbond substituents is 2. The summed E-state index contributed by atoms with van der Waals surface area (Å²) in [5, 5.41) is 24.6. The molecule has 0 atom stereocenters. The van der Waals surface area contributed by atoms with E-state index in [1.807, 2.05) is 43.4 Å². The van der Waals surface area contributed by atoms with E-state index < -0.39 is 0 Å². The first-order valence-corrected chi connectivity index (χ1v) is 9.54. The molecule has 4 aromatic rings. The molecule has 29 heavy (non-hydrogen) atoms. The molecule has 0 aliphatic rings. The van der Waals surface area contributed by atoms with Crippen molar-refractivity contribution in [2.45, 2.75) is 6.42 Å². The molecular weight excluding hydrogens is 362 g/mol. The average Bonchev–Trinajstić information content (AvgIpc) is 2.74. The zero-order valence-electron chi connectivity index (χ0n) is 16.2. The molecule has 4 heteroatoms. The number of nitrogens with one attached hydrogen (secondary N) is 1. The molecule has 4 aromatic carbocycles. The van der Waals surface area contributed by atoms with E-state index in [9.17, 15) is 10.2 Å². The van der Waals surface area contributed by atoms with Gasteiger partial charge in [0.1, 0.15) is 24.0 Å². The van der Waals surface area contributed by atoms with Crippen molar-refractivity contribution >= 4 is 10.8 Å². The highest BCUT2D eigenvalue weighted by Gasteiger charge is 2.12. The third-order valence-corrected chi connectivity index (χ3v) is 4.98. The van der Waals surface area contributed by atoms with Gasteiger partial charge in [0.2, 0.25) is 0 Å². The van der Waals surface area contributed by atoms with Crippen LogP contribution < -0.4 is 10.1 Å². The fraction of sp³-hybridized carbons (Fsp3) is 0.120.